The Labute approximate surface area is 157 Å². The number of benzene rings is 2. The van der Waals surface area contributed by atoms with Crippen LogP contribution in [0.2, 0.25) is 5.02 Å². The Morgan fingerprint density at radius 3 is 2.48 bits per heavy atom. The Bertz CT molecular complexity index is 1120. The second-order valence-corrected chi connectivity index (χ2v) is 6.17. The topological polar surface area (TPSA) is 116 Å². The first-order valence-corrected chi connectivity index (χ1v) is 8.33. The zero-order valence-electron chi connectivity index (χ0n) is 13.8. The van der Waals surface area contributed by atoms with Crippen molar-refractivity contribution in [1.29, 1.82) is 0 Å². The average Bonchev–Trinajstić information content (AvgIpc) is 3.35. The Kier molecular flexibility index (Phi) is 4.31. The lowest BCUT2D eigenvalue weighted by Gasteiger charge is -2.06. The molecule has 4 aromatic rings. The van der Waals surface area contributed by atoms with Gasteiger partial charge >= 0.3 is 0 Å². The molecule has 0 atom stereocenters. The summed E-state index contributed by atoms with van der Waals surface area (Å²) in [6.45, 7) is 0. The van der Waals surface area contributed by atoms with Crippen LogP contribution in [-0.2, 0) is 0 Å². The maximum atomic E-state index is 12.2. The van der Waals surface area contributed by atoms with Crippen LogP contribution in [0.5, 0.6) is 0 Å². The lowest BCUT2D eigenvalue weighted by molar-refractivity contribution is 0.0844. The van der Waals surface area contributed by atoms with Gasteiger partial charge in [0, 0.05) is 27.1 Å². The van der Waals surface area contributed by atoms with Gasteiger partial charge in [0.15, 0.2) is 5.82 Å². The van der Waals surface area contributed by atoms with Crippen LogP contribution in [0.3, 0.4) is 0 Å². The molecule has 0 aliphatic heterocycles. The monoisotopic (exact) mass is 380 g/mol. The standard InChI is InChI=1S/C18H13ClN6O2/c19-13-5-6-14-12(7-13)8-15(22-14)18(27)25-24-17(26)11-3-1-10(2-4-11)16-20-9-21-23-16/h1-9,22H,(H,24,26)(H,25,27)(H,20,21,23). The number of nitrogens with one attached hydrogen (secondary N) is 4. The van der Waals surface area contributed by atoms with Gasteiger partial charge in [-0.05, 0) is 36.4 Å². The highest BCUT2D eigenvalue weighted by Crippen LogP contribution is 2.20. The molecular weight excluding hydrogens is 368 g/mol. The second-order valence-electron chi connectivity index (χ2n) is 5.73. The molecule has 2 aromatic heterocycles. The first kappa shape index (κ1) is 16.8. The fraction of sp³-hybridized carbons (Fsp3) is 0. The lowest BCUT2D eigenvalue weighted by Crippen LogP contribution is -2.41. The number of hydrogen-bond donors (Lipinski definition) is 4. The number of hydrazine groups is 1. The summed E-state index contributed by atoms with van der Waals surface area (Å²) in [6, 6.07) is 13.6. The number of nitrogens with zero attached hydrogens (tertiary/aromatic N) is 2. The van der Waals surface area contributed by atoms with Gasteiger partial charge in [0.2, 0.25) is 0 Å². The zero-order chi connectivity index (χ0) is 18.8. The van der Waals surface area contributed by atoms with Crippen molar-refractivity contribution in [2.45, 2.75) is 0 Å². The fourth-order valence-electron chi connectivity index (χ4n) is 2.60. The van der Waals surface area contributed by atoms with Crippen molar-refractivity contribution >= 4 is 34.3 Å². The van der Waals surface area contributed by atoms with Crippen LogP contribution in [0.4, 0.5) is 0 Å². The molecule has 2 amide bonds. The molecule has 0 fully saturated rings. The van der Waals surface area contributed by atoms with Crippen LogP contribution >= 0.6 is 11.6 Å². The molecule has 0 bridgehead atoms. The van der Waals surface area contributed by atoms with Crippen LogP contribution in [0.1, 0.15) is 20.8 Å². The molecule has 4 N–H and O–H groups in total. The van der Waals surface area contributed by atoms with Crippen LogP contribution in [0.15, 0.2) is 54.9 Å². The van der Waals surface area contributed by atoms with E-state index in [-0.39, 0.29) is 0 Å². The van der Waals surface area contributed by atoms with Crippen molar-refractivity contribution in [3.63, 3.8) is 0 Å². The van der Waals surface area contributed by atoms with E-state index in [1.54, 1.807) is 48.5 Å². The van der Waals surface area contributed by atoms with Gasteiger partial charge in [-0.2, -0.15) is 5.10 Å². The van der Waals surface area contributed by atoms with E-state index in [1.165, 1.54) is 6.33 Å². The molecule has 0 unspecified atom stereocenters. The van der Waals surface area contributed by atoms with Gasteiger partial charge in [0.1, 0.15) is 12.0 Å². The second kappa shape index (κ2) is 6.93. The van der Waals surface area contributed by atoms with Crippen molar-refractivity contribution in [1.82, 2.24) is 31.0 Å². The average molecular weight is 381 g/mol. The number of halogens is 1. The number of fused-ring (bicyclic) bond motifs is 1. The summed E-state index contributed by atoms with van der Waals surface area (Å²) in [6.07, 6.45) is 1.41. The van der Waals surface area contributed by atoms with Crippen molar-refractivity contribution in [3.05, 3.63) is 71.1 Å². The summed E-state index contributed by atoms with van der Waals surface area (Å²) in [4.78, 5) is 31.5. The SMILES string of the molecule is O=C(NNC(=O)c1cc2cc(Cl)ccc2[nH]1)c1ccc(-c2ncn[nH]2)cc1. The highest BCUT2D eigenvalue weighted by atomic mass is 35.5. The van der Waals surface area contributed by atoms with Crippen molar-refractivity contribution < 1.29 is 9.59 Å². The number of hydrogen-bond acceptors (Lipinski definition) is 4. The van der Waals surface area contributed by atoms with Gasteiger partial charge in [-0.3, -0.25) is 25.5 Å². The minimum atomic E-state index is -0.464. The zero-order valence-corrected chi connectivity index (χ0v) is 14.5. The number of H-pyrrole nitrogens is 2. The smallest absolute Gasteiger partial charge is 0.286 e. The van der Waals surface area contributed by atoms with E-state index < -0.39 is 11.8 Å². The summed E-state index contributed by atoms with van der Waals surface area (Å²) in [5.41, 5.74) is 7.05. The molecule has 134 valence electrons. The number of aromatic nitrogens is 4. The third kappa shape index (κ3) is 3.51. The van der Waals surface area contributed by atoms with E-state index >= 15 is 0 Å². The molecule has 0 saturated carbocycles. The Balaban J connectivity index is 1.41. The van der Waals surface area contributed by atoms with Gasteiger partial charge in [0.25, 0.3) is 11.8 Å². The van der Waals surface area contributed by atoms with E-state index in [9.17, 15) is 9.59 Å². The van der Waals surface area contributed by atoms with E-state index in [0.717, 1.165) is 16.5 Å². The summed E-state index contributed by atoms with van der Waals surface area (Å²) in [5.74, 6) is -0.297. The molecule has 0 saturated heterocycles. The largest absolute Gasteiger partial charge is 0.350 e. The third-order valence-electron chi connectivity index (χ3n) is 3.95. The molecule has 8 nitrogen and oxygen atoms in total. The van der Waals surface area contributed by atoms with Crippen LogP contribution in [0, 0.1) is 0 Å². The summed E-state index contributed by atoms with van der Waals surface area (Å²) in [7, 11) is 0. The summed E-state index contributed by atoms with van der Waals surface area (Å²) in [5, 5.41) is 7.91. The minimum absolute atomic E-state index is 0.313. The Morgan fingerprint density at radius 1 is 0.963 bits per heavy atom. The normalized spacial score (nSPS) is 10.7. The van der Waals surface area contributed by atoms with Gasteiger partial charge in [-0.1, -0.05) is 23.7 Å². The predicted molar refractivity (Wildman–Crippen MR) is 100 cm³/mol. The number of amides is 2. The number of rotatable bonds is 3. The van der Waals surface area contributed by atoms with Crippen LogP contribution in [0.25, 0.3) is 22.3 Å². The molecule has 9 heteroatoms. The highest BCUT2D eigenvalue weighted by molar-refractivity contribution is 6.31. The van der Waals surface area contributed by atoms with Gasteiger partial charge in [0.05, 0.1) is 0 Å². The molecule has 0 spiro atoms. The summed E-state index contributed by atoms with van der Waals surface area (Å²) < 4.78 is 0. The highest BCUT2D eigenvalue weighted by Gasteiger charge is 2.12. The minimum Gasteiger partial charge on any atom is -0.350 e. The summed E-state index contributed by atoms with van der Waals surface area (Å²) >= 11 is 5.94. The molecule has 4 rings (SSSR count). The number of carbonyl (C=O) groups is 2. The predicted octanol–water partition coefficient (Wildman–Crippen LogP) is 2.68. The molecule has 0 radical (unpaired) electrons. The molecule has 2 heterocycles. The van der Waals surface area contributed by atoms with Crippen molar-refractivity contribution in [2.24, 2.45) is 0 Å². The quantitative estimate of drug-likeness (QED) is 0.409. The first-order chi connectivity index (χ1) is 13.1. The third-order valence-corrected chi connectivity index (χ3v) is 4.19. The molecule has 0 aliphatic rings. The van der Waals surface area contributed by atoms with Crippen molar-refractivity contribution in [2.75, 3.05) is 0 Å². The molecule has 27 heavy (non-hydrogen) atoms. The van der Waals surface area contributed by atoms with Gasteiger partial charge < -0.3 is 4.98 Å². The Morgan fingerprint density at radius 2 is 1.74 bits per heavy atom. The maximum Gasteiger partial charge on any atom is 0.286 e. The van der Waals surface area contributed by atoms with E-state index in [2.05, 4.69) is 31.0 Å². The molecule has 0 aliphatic carbocycles. The van der Waals surface area contributed by atoms with Crippen LogP contribution in [-0.4, -0.2) is 32.0 Å². The molecular formula is C18H13ClN6O2. The lowest BCUT2D eigenvalue weighted by atomic mass is 10.1. The van der Waals surface area contributed by atoms with Crippen LogP contribution < -0.4 is 10.9 Å². The molecule has 2 aromatic carbocycles. The fourth-order valence-corrected chi connectivity index (χ4v) is 2.78. The van der Waals surface area contributed by atoms with E-state index in [0.29, 0.717) is 22.1 Å². The van der Waals surface area contributed by atoms with Gasteiger partial charge in [-0.25, -0.2) is 4.98 Å². The van der Waals surface area contributed by atoms with Gasteiger partial charge in [-0.15, -0.1) is 0 Å². The number of aromatic amines is 2. The van der Waals surface area contributed by atoms with Crippen molar-refractivity contribution in [3.8, 4) is 11.4 Å². The first-order valence-electron chi connectivity index (χ1n) is 7.95. The maximum absolute atomic E-state index is 12.2. The Hall–Kier alpha value is -3.65. The number of carbonyl (C=O) groups excluding carboxylic acids is 2. The van der Waals surface area contributed by atoms with E-state index in [4.69, 9.17) is 11.6 Å². The van der Waals surface area contributed by atoms with E-state index in [1.807, 2.05) is 0 Å².